The maximum absolute atomic E-state index is 12.5. The molecule has 0 N–H and O–H groups in total. The van der Waals surface area contributed by atoms with Gasteiger partial charge in [-0.15, -0.1) is 6.42 Å². The lowest BCUT2D eigenvalue weighted by molar-refractivity contribution is 0.0231. The summed E-state index contributed by atoms with van der Waals surface area (Å²) < 4.78 is 16.1. The minimum absolute atomic E-state index is 0.0173. The SMILES string of the molecule is C#CCOC1CCN(C(=O)c2ccc3c(c2)OCO3)CC1. The van der Waals surface area contributed by atoms with Gasteiger partial charge in [-0.3, -0.25) is 4.79 Å². The summed E-state index contributed by atoms with van der Waals surface area (Å²) in [5.74, 6) is 3.81. The van der Waals surface area contributed by atoms with Gasteiger partial charge in [-0.25, -0.2) is 0 Å². The lowest BCUT2D eigenvalue weighted by atomic mass is 10.1. The molecule has 0 bridgehead atoms. The molecule has 0 spiro atoms. The van der Waals surface area contributed by atoms with Crippen LogP contribution in [-0.4, -0.2) is 43.4 Å². The fourth-order valence-corrected chi connectivity index (χ4v) is 2.60. The average molecular weight is 287 g/mol. The number of amides is 1. The summed E-state index contributed by atoms with van der Waals surface area (Å²) in [5.41, 5.74) is 0.627. The highest BCUT2D eigenvalue weighted by atomic mass is 16.7. The van der Waals surface area contributed by atoms with E-state index in [2.05, 4.69) is 5.92 Å². The number of fused-ring (bicyclic) bond motifs is 1. The molecule has 110 valence electrons. The molecular formula is C16H17NO4. The van der Waals surface area contributed by atoms with Crippen LogP contribution in [0.25, 0.3) is 0 Å². The minimum Gasteiger partial charge on any atom is -0.454 e. The van der Waals surface area contributed by atoms with Crippen LogP contribution in [0.5, 0.6) is 11.5 Å². The van der Waals surface area contributed by atoms with Crippen molar-refractivity contribution in [1.82, 2.24) is 4.90 Å². The molecule has 2 aliphatic rings. The van der Waals surface area contributed by atoms with Gasteiger partial charge in [-0.2, -0.15) is 0 Å². The van der Waals surface area contributed by atoms with Gasteiger partial charge >= 0.3 is 0 Å². The molecule has 21 heavy (non-hydrogen) atoms. The van der Waals surface area contributed by atoms with Crippen LogP contribution in [0.1, 0.15) is 23.2 Å². The van der Waals surface area contributed by atoms with E-state index in [-0.39, 0.29) is 18.8 Å². The number of ether oxygens (including phenoxy) is 3. The zero-order chi connectivity index (χ0) is 14.7. The zero-order valence-corrected chi connectivity index (χ0v) is 11.7. The Morgan fingerprint density at radius 3 is 2.86 bits per heavy atom. The van der Waals surface area contributed by atoms with Crippen LogP contribution in [0.4, 0.5) is 0 Å². The minimum atomic E-state index is 0.0173. The molecular weight excluding hydrogens is 270 g/mol. The summed E-state index contributed by atoms with van der Waals surface area (Å²) in [6.07, 6.45) is 6.97. The van der Waals surface area contributed by atoms with Gasteiger partial charge in [0.05, 0.1) is 6.10 Å². The molecule has 1 fully saturated rings. The summed E-state index contributed by atoms with van der Waals surface area (Å²) in [5, 5.41) is 0. The molecule has 3 rings (SSSR count). The number of terminal acetylenes is 1. The first-order valence-electron chi connectivity index (χ1n) is 7.02. The Morgan fingerprint density at radius 2 is 2.10 bits per heavy atom. The molecule has 0 atom stereocenters. The van der Waals surface area contributed by atoms with E-state index in [4.69, 9.17) is 20.6 Å². The molecule has 0 aromatic heterocycles. The average Bonchev–Trinajstić information content (AvgIpc) is 3.00. The summed E-state index contributed by atoms with van der Waals surface area (Å²) >= 11 is 0. The molecule has 5 heteroatoms. The first-order chi connectivity index (χ1) is 10.3. The lowest BCUT2D eigenvalue weighted by Gasteiger charge is -2.31. The highest BCUT2D eigenvalue weighted by molar-refractivity contribution is 5.95. The number of carbonyl (C=O) groups excluding carboxylic acids is 1. The first-order valence-corrected chi connectivity index (χ1v) is 7.02. The van der Waals surface area contributed by atoms with Gasteiger partial charge in [0.25, 0.3) is 5.91 Å². The Hall–Kier alpha value is -2.19. The number of likely N-dealkylation sites (tertiary alicyclic amines) is 1. The lowest BCUT2D eigenvalue weighted by Crippen LogP contribution is -2.40. The predicted molar refractivity (Wildman–Crippen MR) is 76.3 cm³/mol. The van der Waals surface area contributed by atoms with E-state index in [9.17, 15) is 4.79 Å². The Balaban J connectivity index is 1.60. The van der Waals surface area contributed by atoms with Crippen LogP contribution in [0.15, 0.2) is 18.2 Å². The largest absolute Gasteiger partial charge is 0.454 e. The van der Waals surface area contributed by atoms with Crippen LogP contribution in [0.2, 0.25) is 0 Å². The smallest absolute Gasteiger partial charge is 0.253 e. The van der Waals surface area contributed by atoms with Crippen LogP contribution < -0.4 is 9.47 Å². The fourth-order valence-electron chi connectivity index (χ4n) is 2.60. The summed E-state index contributed by atoms with van der Waals surface area (Å²) in [6, 6.07) is 5.29. The van der Waals surface area contributed by atoms with E-state index in [1.54, 1.807) is 18.2 Å². The van der Waals surface area contributed by atoms with Gasteiger partial charge in [0, 0.05) is 18.7 Å². The van der Waals surface area contributed by atoms with Crippen molar-refractivity contribution in [3.05, 3.63) is 23.8 Å². The topological polar surface area (TPSA) is 48.0 Å². The molecule has 5 nitrogen and oxygen atoms in total. The van der Waals surface area contributed by atoms with Gasteiger partial charge in [0.15, 0.2) is 11.5 Å². The second-order valence-electron chi connectivity index (χ2n) is 5.07. The zero-order valence-electron chi connectivity index (χ0n) is 11.7. The number of nitrogens with zero attached hydrogens (tertiary/aromatic N) is 1. The second-order valence-corrected chi connectivity index (χ2v) is 5.07. The number of benzene rings is 1. The molecule has 0 unspecified atom stereocenters. The molecule has 2 aliphatic heterocycles. The fraction of sp³-hybridized carbons (Fsp3) is 0.438. The third-order valence-electron chi connectivity index (χ3n) is 3.75. The van der Waals surface area contributed by atoms with Crippen LogP contribution >= 0.6 is 0 Å². The highest BCUT2D eigenvalue weighted by Gasteiger charge is 2.25. The summed E-state index contributed by atoms with van der Waals surface area (Å²) in [7, 11) is 0. The van der Waals surface area contributed by atoms with Gasteiger partial charge in [-0.1, -0.05) is 5.92 Å². The van der Waals surface area contributed by atoms with Gasteiger partial charge in [-0.05, 0) is 31.0 Å². The van der Waals surface area contributed by atoms with Crippen molar-refractivity contribution in [3.63, 3.8) is 0 Å². The number of hydrogen-bond donors (Lipinski definition) is 0. The molecule has 1 amide bonds. The third-order valence-corrected chi connectivity index (χ3v) is 3.75. The highest BCUT2D eigenvalue weighted by Crippen LogP contribution is 2.33. The van der Waals surface area contributed by atoms with Gasteiger partial charge in [0.1, 0.15) is 6.61 Å². The third kappa shape index (κ3) is 2.96. The van der Waals surface area contributed by atoms with Gasteiger partial charge < -0.3 is 19.1 Å². The molecule has 0 saturated carbocycles. The van der Waals surface area contributed by atoms with Gasteiger partial charge in [0.2, 0.25) is 6.79 Å². The number of rotatable bonds is 3. The maximum Gasteiger partial charge on any atom is 0.253 e. The van der Waals surface area contributed by atoms with Crippen molar-refractivity contribution < 1.29 is 19.0 Å². The van der Waals surface area contributed by atoms with Crippen molar-refractivity contribution in [2.24, 2.45) is 0 Å². The standard InChI is InChI=1S/C16H17NO4/c1-2-9-19-13-5-7-17(8-6-13)16(18)12-3-4-14-15(10-12)21-11-20-14/h1,3-4,10,13H,5-9,11H2. The van der Waals surface area contributed by atoms with Crippen LogP contribution in [0.3, 0.4) is 0 Å². The van der Waals surface area contributed by atoms with E-state index < -0.39 is 0 Å². The maximum atomic E-state index is 12.5. The molecule has 0 radical (unpaired) electrons. The quantitative estimate of drug-likeness (QED) is 0.793. The Bertz CT molecular complexity index is 570. The van der Waals surface area contributed by atoms with E-state index in [0.29, 0.717) is 36.8 Å². The summed E-state index contributed by atoms with van der Waals surface area (Å²) in [6.45, 7) is 1.91. The van der Waals surface area contributed by atoms with Crippen molar-refractivity contribution in [1.29, 1.82) is 0 Å². The normalized spacial score (nSPS) is 17.6. The van der Waals surface area contributed by atoms with E-state index in [0.717, 1.165) is 12.8 Å². The van der Waals surface area contributed by atoms with Crippen LogP contribution in [-0.2, 0) is 4.74 Å². The Labute approximate surface area is 123 Å². The summed E-state index contributed by atoms with van der Waals surface area (Å²) in [4.78, 5) is 14.3. The Morgan fingerprint density at radius 1 is 1.33 bits per heavy atom. The number of hydrogen-bond acceptors (Lipinski definition) is 4. The van der Waals surface area contributed by atoms with Crippen molar-refractivity contribution >= 4 is 5.91 Å². The van der Waals surface area contributed by atoms with E-state index >= 15 is 0 Å². The predicted octanol–water partition coefficient (Wildman–Crippen LogP) is 1.67. The molecule has 0 aliphatic carbocycles. The van der Waals surface area contributed by atoms with Crippen molar-refractivity contribution in [2.45, 2.75) is 18.9 Å². The van der Waals surface area contributed by atoms with Crippen molar-refractivity contribution in [3.8, 4) is 23.8 Å². The molecule has 1 aromatic rings. The molecule has 1 saturated heterocycles. The first kappa shape index (κ1) is 13.8. The van der Waals surface area contributed by atoms with Crippen LogP contribution in [0, 0.1) is 12.3 Å². The Kier molecular flexibility index (Phi) is 3.98. The van der Waals surface area contributed by atoms with Crippen molar-refractivity contribution in [2.75, 3.05) is 26.5 Å². The number of piperidine rings is 1. The second kappa shape index (κ2) is 6.06. The van der Waals surface area contributed by atoms with E-state index in [1.807, 2.05) is 4.90 Å². The molecule has 1 aromatic carbocycles. The molecule has 2 heterocycles. The number of carbonyl (C=O) groups is 1. The van der Waals surface area contributed by atoms with E-state index in [1.165, 1.54) is 0 Å². The monoisotopic (exact) mass is 287 g/mol.